The number of aromatic nitrogens is 1. The Morgan fingerprint density at radius 3 is 2.36 bits per heavy atom. The molecule has 1 amide bonds. The van der Waals surface area contributed by atoms with Gasteiger partial charge in [-0.25, -0.2) is 4.98 Å². The van der Waals surface area contributed by atoms with Crippen molar-refractivity contribution in [2.24, 2.45) is 33.0 Å². The second kappa shape index (κ2) is 11.1. The number of rotatable bonds is 3. The zero-order valence-electron chi connectivity index (χ0n) is 31.2. The van der Waals surface area contributed by atoms with Crippen LogP contribution < -0.4 is 0 Å². The lowest BCUT2D eigenvalue weighted by atomic mass is 9.33. The number of allylic oxidation sites excluding steroid dienone is 3. The number of esters is 1. The van der Waals surface area contributed by atoms with Crippen molar-refractivity contribution in [2.45, 2.75) is 80.1 Å². The van der Waals surface area contributed by atoms with Crippen LogP contribution in [0.1, 0.15) is 100 Å². The van der Waals surface area contributed by atoms with Crippen LogP contribution in [0.25, 0.3) is 34.2 Å². The topological polar surface area (TPSA) is 75.9 Å². The van der Waals surface area contributed by atoms with E-state index in [1.54, 1.807) is 7.11 Å². The molecule has 4 aliphatic carbocycles. The first-order valence-electron chi connectivity index (χ1n) is 18.7. The molecule has 8 rings (SSSR count). The highest BCUT2D eigenvalue weighted by molar-refractivity contribution is 5.96. The maximum absolute atomic E-state index is 13.1. The third-order valence-electron chi connectivity index (χ3n) is 15.1. The van der Waals surface area contributed by atoms with Crippen LogP contribution in [0.4, 0.5) is 0 Å². The van der Waals surface area contributed by atoms with Gasteiger partial charge in [-0.05, 0) is 129 Å². The van der Waals surface area contributed by atoms with Gasteiger partial charge in [0.25, 0.3) is 5.91 Å². The third-order valence-corrected chi connectivity index (χ3v) is 15.1. The Balaban J connectivity index is 1.14. The number of methoxy groups -OCH3 is 1. The van der Waals surface area contributed by atoms with Crippen molar-refractivity contribution in [2.75, 3.05) is 40.3 Å². The molecule has 3 fully saturated rings. The molecule has 1 aromatic heterocycles. The summed E-state index contributed by atoms with van der Waals surface area (Å²) < 4.78 is 11.8. The summed E-state index contributed by atoms with van der Waals surface area (Å²) in [5.41, 5.74) is 7.83. The summed E-state index contributed by atoms with van der Waals surface area (Å²) in [6, 6.07) is 9.96. The second-order valence-electron chi connectivity index (χ2n) is 17.6. The predicted octanol–water partition coefficient (Wildman–Crippen LogP) is 8.80. The van der Waals surface area contributed by atoms with Crippen LogP contribution in [-0.4, -0.2) is 67.0 Å². The van der Waals surface area contributed by atoms with Crippen LogP contribution in [0.3, 0.4) is 0 Å². The molecule has 0 unspecified atom stereocenters. The van der Waals surface area contributed by atoms with Gasteiger partial charge in [0, 0.05) is 48.3 Å². The van der Waals surface area contributed by atoms with E-state index < -0.39 is 5.41 Å². The van der Waals surface area contributed by atoms with Gasteiger partial charge in [-0.2, -0.15) is 0 Å². The van der Waals surface area contributed by atoms with E-state index in [0.29, 0.717) is 17.4 Å². The van der Waals surface area contributed by atoms with Crippen molar-refractivity contribution in [1.82, 2.24) is 14.8 Å². The highest BCUT2D eigenvalue weighted by atomic mass is 16.5. The number of benzene rings is 2. The first-order chi connectivity index (χ1) is 23.7. The number of piperazine rings is 1. The van der Waals surface area contributed by atoms with E-state index in [9.17, 15) is 9.59 Å². The van der Waals surface area contributed by atoms with Gasteiger partial charge >= 0.3 is 5.97 Å². The fourth-order valence-corrected chi connectivity index (χ4v) is 11.2. The van der Waals surface area contributed by atoms with Gasteiger partial charge in [-0.3, -0.25) is 9.59 Å². The summed E-state index contributed by atoms with van der Waals surface area (Å²) in [5, 5.41) is 0. The molecule has 0 spiro atoms. The molecule has 1 saturated heterocycles. The van der Waals surface area contributed by atoms with Gasteiger partial charge < -0.3 is 19.0 Å². The van der Waals surface area contributed by atoms with E-state index in [1.807, 2.05) is 29.2 Å². The number of fused-ring (bicyclic) bond motifs is 8. The fourth-order valence-electron chi connectivity index (χ4n) is 11.2. The maximum atomic E-state index is 13.1. The molecular formula is C43H53N3O4. The molecule has 264 valence electrons. The van der Waals surface area contributed by atoms with Gasteiger partial charge in [0.2, 0.25) is 5.89 Å². The van der Waals surface area contributed by atoms with Crippen molar-refractivity contribution < 1.29 is 18.7 Å². The normalized spacial score (nSPS) is 35.1. The maximum Gasteiger partial charge on any atom is 0.311 e. The summed E-state index contributed by atoms with van der Waals surface area (Å²) in [7, 11) is 3.64. The van der Waals surface area contributed by atoms with E-state index >= 15 is 0 Å². The lowest BCUT2D eigenvalue weighted by Crippen LogP contribution is -2.63. The molecular weight excluding hydrogens is 622 g/mol. The average Bonchev–Trinajstić information content (AvgIpc) is 3.55. The zero-order chi connectivity index (χ0) is 35.4. The number of carbonyl (C=O) groups excluding carboxylic acids is 2. The first kappa shape index (κ1) is 33.4. The standard InChI is InChI=1S/C43H53N3O4/c1-27-30-13-15-41(4)32(14-16-42(5)34-26-40(3,38(48)49-8)18-17-39(34,2)19-20-43(41,42)6)31(30)25-33-35(27)50-36(44-33)28-9-11-29(12-10-28)37(47)46-23-21-45(7)22-24-46/h9-15,25,34H,16-24,26H2,1-8H3/t34-,39+,40+,41+,42-,43+/m0/s1. The van der Waals surface area contributed by atoms with Gasteiger partial charge in [-0.15, -0.1) is 0 Å². The average molecular weight is 676 g/mol. The number of nitrogens with zero attached hydrogens (tertiary/aromatic N) is 3. The minimum absolute atomic E-state index is 0.00202. The van der Waals surface area contributed by atoms with Gasteiger partial charge in [0.1, 0.15) is 5.52 Å². The summed E-state index contributed by atoms with van der Waals surface area (Å²) in [5.74, 6) is 1.02. The van der Waals surface area contributed by atoms with Crippen LogP contribution in [0.15, 0.2) is 46.9 Å². The molecule has 2 aromatic carbocycles. The third kappa shape index (κ3) is 4.53. The number of hydrogen-bond acceptors (Lipinski definition) is 6. The Morgan fingerprint density at radius 2 is 1.66 bits per heavy atom. The SMILES string of the molecule is COC(=O)[C@]1(C)CC[C@]2(C)CC[C@@]3(C)[C@@](C)(CC=C4c5cc6nc(-c7ccc(C(=O)N8CCN(C)CC8)cc7)oc6c(C)c5C=C[C@]43C)[C@H]2C1. The Hall–Kier alpha value is -3.71. The highest BCUT2D eigenvalue weighted by Crippen LogP contribution is 2.76. The van der Waals surface area contributed by atoms with Crippen molar-refractivity contribution in [3.63, 3.8) is 0 Å². The number of ether oxygens (including phenoxy) is 1. The van der Waals surface area contributed by atoms with E-state index in [4.69, 9.17) is 14.1 Å². The van der Waals surface area contributed by atoms with Gasteiger partial charge in [-0.1, -0.05) is 45.9 Å². The molecule has 2 heterocycles. The van der Waals surface area contributed by atoms with Gasteiger partial charge in [0.15, 0.2) is 5.58 Å². The van der Waals surface area contributed by atoms with Crippen LogP contribution in [0, 0.1) is 39.9 Å². The number of carbonyl (C=O) groups is 2. The molecule has 3 aromatic rings. The fraction of sp³-hybridized carbons (Fsp3) is 0.558. The molecule has 7 nitrogen and oxygen atoms in total. The van der Waals surface area contributed by atoms with Gasteiger partial charge in [0.05, 0.1) is 12.5 Å². The number of hydrogen-bond donors (Lipinski definition) is 0. The largest absolute Gasteiger partial charge is 0.469 e. The van der Waals surface area contributed by atoms with E-state index in [-0.39, 0.29) is 33.5 Å². The number of likely N-dealkylation sites (N-methyl/N-ethyl adjacent to an activating group) is 1. The van der Waals surface area contributed by atoms with Crippen LogP contribution in [0.2, 0.25) is 0 Å². The summed E-state index contributed by atoms with van der Waals surface area (Å²) in [6.45, 7) is 17.6. The van der Waals surface area contributed by atoms with Crippen molar-refractivity contribution in [3.8, 4) is 11.5 Å². The Labute approximate surface area is 297 Å². The molecule has 50 heavy (non-hydrogen) atoms. The minimum atomic E-state index is -0.437. The minimum Gasteiger partial charge on any atom is -0.469 e. The Bertz CT molecular complexity index is 1970. The zero-order valence-corrected chi connectivity index (χ0v) is 31.2. The Morgan fingerprint density at radius 1 is 0.960 bits per heavy atom. The lowest BCUT2D eigenvalue weighted by molar-refractivity contribution is -0.190. The molecule has 2 saturated carbocycles. The highest BCUT2D eigenvalue weighted by Gasteiger charge is 2.68. The smallest absolute Gasteiger partial charge is 0.311 e. The molecule has 7 heteroatoms. The summed E-state index contributed by atoms with van der Waals surface area (Å²) >= 11 is 0. The first-order valence-corrected chi connectivity index (χ1v) is 18.7. The van der Waals surface area contributed by atoms with E-state index in [2.05, 4.69) is 77.8 Å². The molecule has 0 radical (unpaired) electrons. The monoisotopic (exact) mass is 675 g/mol. The van der Waals surface area contributed by atoms with Crippen LogP contribution >= 0.6 is 0 Å². The predicted molar refractivity (Wildman–Crippen MR) is 198 cm³/mol. The molecule has 1 aliphatic heterocycles. The summed E-state index contributed by atoms with van der Waals surface area (Å²) in [6.07, 6.45) is 13.5. The second-order valence-corrected chi connectivity index (χ2v) is 17.6. The Kier molecular flexibility index (Phi) is 7.45. The summed E-state index contributed by atoms with van der Waals surface area (Å²) in [4.78, 5) is 35.5. The number of oxazole rings is 1. The van der Waals surface area contributed by atoms with Crippen molar-refractivity contribution in [3.05, 3.63) is 64.7 Å². The molecule has 0 N–H and O–H groups in total. The lowest BCUT2D eigenvalue weighted by Gasteiger charge is -2.70. The van der Waals surface area contributed by atoms with Crippen LogP contribution in [0.5, 0.6) is 0 Å². The molecule has 5 aliphatic rings. The number of aryl methyl sites for hydroxylation is 1. The van der Waals surface area contributed by atoms with E-state index in [1.165, 1.54) is 23.1 Å². The number of amides is 1. The van der Waals surface area contributed by atoms with Crippen molar-refractivity contribution >= 4 is 34.6 Å². The van der Waals surface area contributed by atoms with Crippen molar-refractivity contribution in [1.29, 1.82) is 0 Å². The molecule has 6 atom stereocenters. The van der Waals surface area contributed by atoms with E-state index in [0.717, 1.165) is 80.5 Å². The molecule has 0 bridgehead atoms. The quantitative estimate of drug-likeness (QED) is 0.258. The van der Waals surface area contributed by atoms with Crippen LogP contribution in [-0.2, 0) is 9.53 Å².